The van der Waals surface area contributed by atoms with Gasteiger partial charge < -0.3 is 13.8 Å². The second-order valence-corrected chi connectivity index (χ2v) is 18.3. The summed E-state index contributed by atoms with van der Waals surface area (Å²) < 4.78 is 12.2. The van der Waals surface area contributed by atoms with Gasteiger partial charge in [-0.25, -0.2) is 0 Å². The van der Waals surface area contributed by atoms with Crippen LogP contribution in [0.25, 0.3) is 64.3 Å². The van der Waals surface area contributed by atoms with E-state index in [1.165, 1.54) is 116 Å². The molecule has 3 aromatic heterocycles. The highest BCUT2D eigenvalue weighted by atomic mass is 32.1. The third kappa shape index (κ3) is 3.71. The summed E-state index contributed by atoms with van der Waals surface area (Å²) in [4.78, 5) is 2.65. The smallest absolute Gasteiger partial charge is 0.334 e. The molecule has 256 valence electrons. The zero-order chi connectivity index (χ0) is 35.7. The molecule has 2 aliphatic heterocycles. The topological polar surface area (TPSA) is 21.3 Å². The summed E-state index contributed by atoms with van der Waals surface area (Å²) in [5.74, 6) is 0. The number of thiophene rings is 1. The third-order valence-electron chi connectivity index (χ3n) is 13.2. The summed E-state index contributed by atoms with van der Waals surface area (Å²) in [6, 6.07) is 39.2. The lowest BCUT2D eigenvalue weighted by Crippen LogP contribution is -2.57. The van der Waals surface area contributed by atoms with Gasteiger partial charge in [-0.2, -0.15) is 0 Å². The predicted octanol–water partition coefficient (Wildman–Crippen LogP) is 12.3. The summed E-state index contributed by atoms with van der Waals surface area (Å²) in [6.45, 7) is 14.3. The van der Waals surface area contributed by atoms with E-state index in [2.05, 4.69) is 154 Å². The quantitative estimate of drug-likeness (QED) is 0.159. The Kier molecular flexibility index (Phi) is 5.61. The van der Waals surface area contributed by atoms with Crippen LogP contribution in [0, 0.1) is 13.8 Å². The van der Waals surface area contributed by atoms with Crippen LogP contribution in [-0.2, 0) is 10.8 Å². The number of furan rings is 1. The van der Waals surface area contributed by atoms with Crippen LogP contribution in [0.4, 0.5) is 17.1 Å². The second kappa shape index (κ2) is 9.83. The number of fused-ring (bicyclic) bond motifs is 14. The first-order valence-corrected chi connectivity index (χ1v) is 19.9. The fourth-order valence-electron chi connectivity index (χ4n) is 10.5. The zero-order valence-corrected chi connectivity index (χ0v) is 31.8. The SMILES string of the molecule is Cc1cc2c3c(c1)N(c1cc4c(cc1C)C(C)(C)CCC4(C)C)c1ccc4c(sc5ccccc54)c1B3n1c3c-2cccc3c2oc3ccccc3c21. The van der Waals surface area contributed by atoms with Crippen LogP contribution in [0.1, 0.15) is 62.8 Å². The fourth-order valence-corrected chi connectivity index (χ4v) is 11.8. The molecule has 0 spiro atoms. The molecule has 0 amide bonds. The van der Waals surface area contributed by atoms with Crippen LogP contribution >= 0.6 is 11.3 Å². The van der Waals surface area contributed by atoms with E-state index >= 15 is 0 Å². The minimum atomic E-state index is -0.0344. The largest absolute Gasteiger partial charge is 0.454 e. The van der Waals surface area contributed by atoms with Crippen LogP contribution in [-0.4, -0.2) is 11.3 Å². The monoisotopic (exact) mass is 702 g/mol. The van der Waals surface area contributed by atoms with Gasteiger partial charge in [0.2, 0.25) is 0 Å². The number of aromatic nitrogens is 1. The van der Waals surface area contributed by atoms with Gasteiger partial charge >= 0.3 is 6.85 Å². The van der Waals surface area contributed by atoms with Crippen LogP contribution < -0.4 is 15.8 Å². The van der Waals surface area contributed by atoms with Crippen molar-refractivity contribution in [2.75, 3.05) is 4.90 Å². The standard InChI is InChI=1S/C48H39BN2OS/c1-26-22-33-29-14-11-15-32-43(29)51(44-31-13-7-9-16-39(31)52-45(32)44)49-41(33)38(23-26)50(36-19-18-30-28-12-8-10-17-40(28)53-46(30)42(36)49)37-25-35-34(24-27(37)2)47(3,4)20-21-48(35,5)6/h7-19,22-25H,20-21H2,1-6H3. The van der Waals surface area contributed by atoms with E-state index in [-0.39, 0.29) is 17.7 Å². The van der Waals surface area contributed by atoms with E-state index in [1.54, 1.807) is 0 Å². The van der Waals surface area contributed by atoms with Crippen molar-refractivity contribution in [1.29, 1.82) is 0 Å². The van der Waals surface area contributed by atoms with Gasteiger partial charge in [-0.15, -0.1) is 11.3 Å². The number of hydrogen-bond acceptors (Lipinski definition) is 3. The highest BCUT2D eigenvalue weighted by molar-refractivity contribution is 7.27. The maximum atomic E-state index is 6.78. The molecule has 0 bridgehead atoms. The molecule has 0 saturated carbocycles. The molecule has 0 radical (unpaired) electrons. The molecule has 5 heterocycles. The molecule has 1 aliphatic carbocycles. The third-order valence-corrected chi connectivity index (χ3v) is 14.4. The minimum Gasteiger partial charge on any atom is -0.454 e. The van der Waals surface area contributed by atoms with E-state index in [4.69, 9.17) is 4.42 Å². The molecule has 5 heteroatoms. The molecule has 0 unspecified atom stereocenters. The van der Waals surface area contributed by atoms with Gasteiger partial charge in [-0.1, -0.05) is 88.4 Å². The number of aryl methyl sites for hydroxylation is 2. The van der Waals surface area contributed by atoms with Crippen molar-refractivity contribution in [1.82, 2.24) is 4.48 Å². The van der Waals surface area contributed by atoms with Crippen molar-refractivity contribution in [2.45, 2.75) is 65.2 Å². The first kappa shape index (κ1) is 30.2. The number of anilines is 3. The average molecular weight is 703 g/mol. The number of para-hydroxylation sites is 2. The van der Waals surface area contributed by atoms with Crippen molar-refractivity contribution < 1.29 is 4.42 Å². The molecule has 0 fully saturated rings. The molecule has 3 nitrogen and oxygen atoms in total. The maximum absolute atomic E-state index is 6.78. The zero-order valence-electron chi connectivity index (χ0n) is 31.0. The highest BCUT2D eigenvalue weighted by Gasteiger charge is 2.46. The van der Waals surface area contributed by atoms with Crippen LogP contribution in [0.3, 0.4) is 0 Å². The summed E-state index contributed by atoms with van der Waals surface area (Å²) >= 11 is 1.95. The summed E-state index contributed by atoms with van der Waals surface area (Å²) in [7, 11) is 0. The van der Waals surface area contributed by atoms with E-state index in [0.29, 0.717) is 0 Å². The van der Waals surface area contributed by atoms with Crippen molar-refractivity contribution in [3.05, 3.63) is 125 Å². The molecule has 0 atom stereocenters. The number of nitrogens with zero attached hydrogens (tertiary/aromatic N) is 2. The average Bonchev–Trinajstić information content (AvgIpc) is 3.82. The normalized spacial score (nSPS) is 16.6. The van der Waals surface area contributed by atoms with Crippen molar-refractivity contribution in [3.8, 4) is 11.1 Å². The number of benzene rings is 6. The van der Waals surface area contributed by atoms with Crippen molar-refractivity contribution in [3.63, 3.8) is 0 Å². The Morgan fingerprint density at radius 3 is 2.19 bits per heavy atom. The first-order chi connectivity index (χ1) is 25.6. The molecule has 12 rings (SSSR count). The number of hydrogen-bond donors (Lipinski definition) is 0. The molecule has 53 heavy (non-hydrogen) atoms. The van der Waals surface area contributed by atoms with E-state index in [0.717, 1.165) is 11.2 Å². The lowest BCUT2D eigenvalue weighted by Gasteiger charge is -2.44. The van der Waals surface area contributed by atoms with Gasteiger partial charge in [0.1, 0.15) is 5.58 Å². The van der Waals surface area contributed by atoms with Gasteiger partial charge in [0, 0.05) is 59.1 Å². The lowest BCUT2D eigenvalue weighted by atomic mass is 9.45. The molecule has 0 saturated heterocycles. The lowest BCUT2D eigenvalue weighted by molar-refractivity contribution is 0.332. The van der Waals surface area contributed by atoms with E-state index < -0.39 is 0 Å². The molecule has 9 aromatic rings. The maximum Gasteiger partial charge on any atom is 0.334 e. The van der Waals surface area contributed by atoms with Gasteiger partial charge in [-0.05, 0) is 119 Å². The second-order valence-electron chi connectivity index (χ2n) is 17.3. The number of rotatable bonds is 1. The first-order valence-electron chi connectivity index (χ1n) is 19.1. The van der Waals surface area contributed by atoms with Gasteiger partial charge in [0.15, 0.2) is 5.58 Å². The Balaban J connectivity index is 1.28. The van der Waals surface area contributed by atoms with Crippen LogP contribution in [0.2, 0.25) is 0 Å². The van der Waals surface area contributed by atoms with Gasteiger partial charge in [0.25, 0.3) is 0 Å². The van der Waals surface area contributed by atoms with E-state index in [1.807, 2.05) is 11.3 Å². The van der Waals surface area contributed by atoms with E-state index in [9.17, 15) is 0 Å². The Labute approximate surface area is 313 Å². The highest BCUT2D eigenvalue weighted by Crippen LogP contribution is 2.52. The van der Waals surface area contributed by atoms with Crippen molar-refractivity contribution >= 4 is 99.3 Å². The molecule has 3 aliphatic rings. The Hall–Kier alpha value is -5.26. The Morgan fingerprint density at radius 1 is 0.623 bits per heavy atom. The van der Waals surface area contributed by atoms with Crippen molar-refractivity contribution in [2.24, 2.45) is 0 Å². The van der Waals surface area contributed by atoms with Gasteiger partial charge in [-0.3, -0.25) is 0 Å². The fraction of sp³-hybridized carbons (Fsp3) is 0.208. The Bertz CT molecular complexity index is 3120. The molecular formula is C48H39BN2OS. The Morgan fingerprint density at radius 2 is 1.36 bits per heavy atom. The van der Waals surface area contributed by atoms with Crippen LogP contribution in [0.5, 0.6) is 0 Å². The van der Waals surface area contributed by atoms with Gasteiger partial charge in [0.05, 0.1) is 5.52 Å². The summed E-state index contributed by atoms with van der Waals surface area (Å²) in [5, 5.41) is 5.02. The summed E-state index contributed by atoms with van der Waals surface area (Å²) in [5.41, 5.74) is 19.5. The summed E-state index contributed by atoms with van der Waals surface area (Å²) in [6.07, 6.45) is 2.39. The molecule has 6 aromatic carbocycles. The predicted molar refractivity (Wildman–Crippen MR) is 227 cm³/mol. The molecular weight excluding hydrogens is 663 g/mol. The minimum absolute atomic E-state index is 0.0344. The molecule has 0 N–H and O–H groups in total. The van der Waals surface area contributed by atoms with Crippen LogP contribution in [0.15, 0.2) is 108 Å².